The third kappa shape index (κ3) is 4.15. The fourth-order valence-electron chi connectivity index (χ4n) is 0.943. The number of allylic oxidation sites excluding steroid dienone is 5. The first-order chi connectivity index (χ1) is 5.43. The average Bonchev–Trinajstić information content (AvgIpc) is 2.28. The third-order valence-corrected chi connectivity index (χ3v) is 1.53. The lowest BCUT2D eigenvalue weighted by Gasteiger charge is -2.03. The first-order valence-corrected chi connectivity index (χ1v) is 3.92. The van der Waals surface area contributed by atoms with Gasteiger partial charge in [0.05, 0.1) is 0 Å². The van der Waals surface area contributed by atoms with E-state index in [-0.39, 0.29) is 11.0 Å². The van der Waals surface area contributed by atoms with Crippen molar-refractivity contribution in [3.05, 3.63) is 36.2 Å². The molecule has 0 radical (unpaired) electrons. The summed E-state index contributed by atoms with van der Waals surface area (Å²) in [5, 5.41) is 3.18. The van der Waals surface area contributed by atoms with Crippen molar-refractivity contribution in [3.63, 3.8) is 0 Å². The molecule has 1 aliphatic heterocycles. The van der Waals surface area contributed by atoms with Gasteiger partial charge in [-0.3, -0.25) is 0 Å². The quantitative estimate of drug-likeness (QED) is 0.595. The molecule has 0 atom stereocenters. The number of hydrogen-bond donors (Lipinski definition) is 2. The predicted molar refractivity (Wildman–Crippen MR) is 59.1 cm³/mol. The van der Waals surface area contributed by atoms with E-state index in [1.165, 1.54) is 5.70 Å². The zero-order valence-electron chi connectivity index (χ0n) is 6.59. The highest BCUT2D eigenvalue weighted by atomic mass is 28.1. The second-order valence-corrected chi connectivity index (χ2v) is 2.47. The van der Waals surface area contributed by atoms with E-state index >= 15 is 0 Å². The van der Waals surface area contributed by atoms with Gasteiger partial charge >= 0.3 is 0 Å². The molecule has 68 valence electrons. The molecule has 0 aromatic heterocycles. The molecule has 0 spiro atoms. The lowest BCUT2D eigenvalue weighted by Crippen LogP contribution is -2.06. The second kappa shape index (κ2) is 6.88. The van der Waals surface area contributed by atoms with E-state index in [2.05, 4.69) is 11.4 Å². The van der Waals surface area contributed by atoms with Crippen molar-refractivity contribution in [2.24, 2.45) is 5.73 Å². The van der Waals surface area contributed by atoms with Gasteiger partial charge in [0.25, 0.3) is 0 Å². The maximum atomic E-state index is 5.39. The van der Waals surface area contributed by atoms with E-state index < -0.39 is 0 Å². The molecule has 0 fully saturated rings. The monoisotopic (exact) mass is 182 g/mol. The molecule has 0 aromatic carbocycles. The smallest absolute Gasteiger partial charge is 0.0147 e. The van der Waals surface area contributed by atoms with Crippen molar-refractivity contribution in [2.45, 2.75) is 12.8 Å². The molecule has 1 aliphatic rings. The summed E-state index contributed by atoms with van der Waals surface area (Å²) in [5.74, 6) is 0. The minimum absolute atomic E-state index is 0. The van der Waals surface area contributed by atoms with E-state index in [0.717, 1.165) is 19.4 Å². The van der Waals surface area contributed by atoms with Crippen LogP contribution in [0.1, 0.15) is 12.8 Å². The molecule has 0 aromatic rings. The van der Waals surface area contributed by atoms with Crippen molar-refractivity contribution in [1.29, 1.82) is 0 Å². The Labute approximate surface area is 78.2 Å². The van der Waals surface area contributed by atoms with Crippen molar-refractivity contribution >= 4 is 11.0 Å². The standard InChI is InChI=1S/C9H14N2.H4Si/c10-7-4-6-9-5-2-1-3-8-11-9;/h1-3,5,8,11H,4,6-7,10H2;1H4. The Hall–Kier alpha value is -0.803. The van der Waals surface area contributed by atoms with Gasteiger partial charge in [-0.2, -0.15) is 0 Å². The van der Waals surface area contributed by atoms with Crippen molar-refractivity contribution in [3.8, 4) is 0 Å². The van der Waals surface area contributed by atoms with Gasteiger partial charge in [0, 0.05) is 11.9 Å². The molecule has 0 amide bonds. The minimum Gasteiger partial charge on any atom is -0.365 e. The highest BCUT2D eigenvalue weighted by Crippen LogP contribution is 2.02. The van der Waals surface area contributed by atoms with Crippen LogP contribution in [-0.4, -0.2) is 17.5 Å². The molecule has 12 heavy (non-hydrogen) atoms. The van der Waals surface area contributed by atoms with Crippen LogP contribution in [0.15, 0.2) is 36.2 Å². The number of nitrogens with one attached hydrogen (secondary N) is 1. The Balaban J connectivity index is 0.00000121. The van der Waals surface area contributed by atoms with Crippen LogP contribution in [-0.2, 0) is 0 Å². The SMILES string of the molecule is NCCCC1=CC=CC=CN1.[SiH4]. The van der Waals surface area contributed by atoms with E-state index in [9.17, 15) is 0 Å². The first-order valence-electron chi connectivity index (χ1n) is 3.92. The van der Waals surface area contributed by atoms with Crippen LogP contribution in [0.4, 0.5) is 0 Å². The van der Waals surface area contributed by atoms with Gasteiger partial charge in [0.2, 0.25) is 0 Å². The van der Waals surface area contributed by atoms with Gasteiger partial charge < -0.3 is 11.1 Å². The first kappa shape index (κ1) is 11.2. The summed E-state index contributed by atoms with van der Waals surface area (Å²) in [5.41, 5.74) is 6.63. The molecule has 1 rings (SSSR count). The Bertz CT molecular complexity index is 195. The van der Waals surface area contributed by atoms with Crippen LogP contribution in [0.25, 0.3) is 0 Å². The maximum absolute atomic E-state index is 5.39. The van der Waals surface area contributed by atoms with Gasteiger partial charge in [0.15, 0.2) is 0 Å². The highest BCUT2D eigenvalue weighted by molar-refractivity contribution is 5.75. The summed E-state index contributed by atoms with van der Waals surface area (Å²) in [7, 11) is 0. The van der Waals surface area contributed by atoms with Crippen LogP contribution in [0, 0.1) is 0 Å². The number of hydrogen-bond acceptors (Lipinski definition) is 2. The van der Waals surface area contributed by atoms with E-state index in [0.29, 0.717) is 0 Å². The summed E-state index contributed by atoms with van der Waals surface area (Å²) < 4.78 is 0. The van der Waals surface area contributed by atoms with E-state index in [1.54, 1.807) is 0 Å². The molecule has 0 unspecified atom stereocenters. The van der Waals surface area contributed by atoms with E-state index in [4.69, 9.17) is 5.73 Å². The Morgan fingerprint density at radius 1 is 1.25 bits per heavy atom. The minimum atomic E-state index is 0. The van der Waals surface area contributed by atoms with Gasteiger partial charge in [-0.15, -0.1) is 0 Å². The largest absolute Gasteiger partial charge is 0.365 e. The molecular formula is C9H18N2Si. The topological polar surface area (TPSA) is 38.0 Å². The third-order valence-electron chi connectivity index (χ3n) is 1.53. The normalized spacial score (nSPS) is 14.2. The molecule has 0 saturated carbocycles. The van der Waals surface area contributed by atoms with E-state index in [1.807, 2.05) is 24.4 Å². The fraction of sp³-hybridized carbons (Fsp3) is 0.333. The lowest BCUT2D eigenvalue weighted by molar-refractivity contribution is 0.785. The van der Waals surface area contributed by atoms with Crippen LogP contribution in [0.5, 0.6) is 0 Å². The van der Waals surface area contributed by atoms with Crippen molar-refractivity contribution in [1.82, 2.24) is 5.32 Å². The Kier molecular flexibility index (Phi) is 6.42. The molecular weight excluding hydrogens is 164 g/mol. The second-order valence-electron chi connectivity index (χ2n) is 2.47. The zero-order valence-corrected chi connectivity index (χ0v) is 6.59. The summed E-state index contributed by atoms with van der Waals surface area (Å²) in [6.07, 6.45) is 12.1. The molecule has 2 nitrogen and oxygen atoms in total. The van der Waals surface area contributed by atoms with Gasteiger partial charge in [0.1, 0.15) is 0 Å². The molecule has 0 saturated heterocycles. The Morgan fingerprint density at radius 2 is 2.08 bits per heavy atom. The lowest BCUT2D eigenvalue weighted by atomic mass is 10.2. The van der Waals surface area contributed by atoms with Crippen LogP contribution in [0.3, 0.4) is 0 Å². The predicted octanol–water partition coefficient (Wildman–Crippen LogP) is -0.169. The van der Waals surface area contributed by atoms with Crippen LogP contribution in [0.2, 0.25) is 0 Å². The van der Waals surface area contributed by atoms with Crippen molar-refractivity contribution < 1.29 is 0 Å². The Morgan fingerprint density at radius 3 is 2.83 bits per heavy atom. The van der Waals surface area contributed by atoms with Crippen molar-refractivity contribution in [2.75, 3.05) is 6.54 Å². The van der Waals surface area contributed by atoms with Gasteiger partial charge in [-0.1, -0.05) is 12.2 Å². The average molecular weight is 182 g/mol. The summed E-state index contributed by atoms with van der Waals surface area (Å²) in [4.78, 5) is 0. The van der Waals surface area contributed by atoms with Crippen LogP contribution >= 0.6 is 0 Å². The zero-order chi connectivity index (χ0) is 7.94. The summed E-state index contributed by atoms with van der Waals surface area (Å²) in [6.45, 7) is 0.756. The molecule has 3 N–H and O–H groups in total. The summed E-state index contributed by atoms with van der Waals surface area (Å²) in [6, 6.07) is 0. The molecule has 0 bridgehead atoms. The molecule has 1 heterocycles. The molecule has 0 aliphatic carbocycles. The number of nitrogens with two attached hydrogens (primary N) is 1. The fourth-order valence-corrected chi connectivity index (χ4v) is 0.943. The van der Waals surface area contributed by atoms with Crippen LogP contribution < -0.4 is 11.1 Å². The maximum Gasteiger partial charge on any atom is 0.0147 e. The van der Waals surface area contributed by atoms with Gasteiger partial charge in [-0.25, -0.2) is 0 Å². The summed E-state index contributed by atoms with van der Waals surface area (Å²) >= 11 is 0. The number of rotatable bonds is 3. The molecule has 3 heteroatoms. The highest BCUT2D eigenvalue weighted by Gasteiger charge is 1.92. The van der Waals surface area contributed by atoms with Gasteiger partial charge in [-0.05, 0) is 42.5 Å².